The van der Waals surface area contributed by atoms with Crippen molar-refractivity contribution in [2.45, 2.75) is 25.2 Å². The van der Waals surface area contributed by atoms with E-state index in [-0.39, 0.29) is 6.54 Å². The van der Waals surface area contributed by atoms with Gasteiger partial charge in [0.05, 0.1) is 17.5 Å². The van der Waals surface area contributed by atoms with Gasteiger partial charge in [-0.3, -0.25) is 4.79 Å². The first-order chi connectivity index (χ1) is 8.60. The number of carboxylic acids is 1. The number of nitrogens with two attached hydrogens (primary N) is 1. The summed E-state index contributed by atoms with van der Waals surface area (Å²) in [5, 5.41) is 9.24. The third-order valence-electron chi connectivity index (χ3n) is 3.43. The Bertz CT molecular complexity index is 488. The van der Waals surface area contributed by atoms with E-state index in [1.54, 1.807) is 7.11 Å². The van der Waals surface area contributed by atoms with Gasteiger partial charge in [-0.25, -0.2) is 0 Å². The van der Waals surface area contributed by atoms with Crippen LogP contribution in [0.2, 0.25) is 0 Å². The van der Waals surface area contributed by atoms with Gasteiger partial charge in [0.15, 0.2) is 0 Å². The lowest BCUT2D eigenvalue weighted by atomic mass is 9.94. The molecule has 3 N–H and O–H groups in total. The molecule has 0 amide bonds. The van der Waals surface area contributed by atoms with Crippen molar-refractivity contribution in [1.82, 2.24) is 0 Å². The molecule has 0 fully saturated rings. The molecule has 0 saturated carbocycles. The molecule has 1 aliphatic carbocycles. The van der Waals surface area contributed by atoms with E-state index >= 15 is 0 Å². The van der Waals surface area contributed by atoms with Crippen LogP contribution in [0.5, 0.6) is 5.75 Å². The van der Waals surface area contributed by atoms with Crippen molar-refractivity contribution in [2.75, 3.05) is 13.7 Å². The Morgan fingerprint density at radius 3 is 2.89 bits per heavy atom. The van der Waals surface area contributed by atoms with Crippen LogP contribution in [-0.2, 0) is 17.6 Å². The van der Waals surface area contributed by atoms with E-state index in [4.69, 9.17) is 10.5 Å². The van der Waals surface area contributed by atoms with Crippen molar-refractivity contribution in [2.24, 2.45) is 5.73 Å². The standard InChI is InChI=1S/C13H16BrNO3/c1-18-12-9(10(6-15)13(16)17)5-7-3-2-4-8(7)11(12)14/h5,10H,2-4,6,15H2,1H3,(H,16,17). The molecule has 98 valence electrons. The maximum absolute atomic E-state index is 11.3. The molecule has 18 heavy (non-hydrogen) atoms. The van der Waals surface area contributed by atoms with Gasteiger partial charge in [0.1, 0.15) is 5.75 Å². The highest BCUT2D eigenvalue weighted by atomic mass is 79.9. The van der Waals surface area contributed by atoms with Crippen molar-refractivity contribution in [3.63, 3.8) is 0 Å². The van der Waals surface area contributed by atoms with Gasteiger partial charge in [0, 0.05) is 12.1 Å². The minimum absolute atomic E-state index is 0.0664. The molecule has 0 aliphatic heterocycles. The number of hydrogen-bond acceptors (Lipinski definition) is 3. The third-order valence-corrected chi connectivity index (χ3v) is 4.27. The quantitative estimate of drug-likeness (QED) is 0.892. The number of carboxylic acid groups (broad SMARTS) is 1. The lowest BCUT2D eigenvalue weighted by molar-refractivity contribution is -0.138. The van der Waals surface area contributed by atoms with Gasteiger partial charge in [-0.15, -0.1) is 0 Å². The van der Waals surface area contributed by atoms with E-state index < -0.39 is 11.9 Å². The molecular formula is C13H16BrNO3. The SMILES string of the molecule is COc1c(C(CN)C(=O)O)cc2c(c1Br)CCC2. The van der Waals surface area contributed by atoms with E-state index in [1.807, 2.05) is 6.07 Å². The monoisotopic (exact) mass is 313 g/mol. The molecule has 0 bridgehead atoms. The minimum atomic E-state index is -0.916. The second kappa shape index (κ2) is 5.28. The number of halogens is 1. The fourth-order valence-electron chi connectivity index (χ4n) is 2.52. The Morgan fingerprint density at radius 2 is 2.33 bits per heavy atom. The number of aliphatic carboxylic acids is 1. The molecule has 1 unspecified atom stereocenters. The zero-order chi connectivity index (χ0) is 13.3. The van der Waals surface area contributed by atoms with Gasteiger partial charge in [-0.05, 0) is 46.3 Å². The zero-order valence-electron chi connectivity index (χ0n) is 10.2. The number of carbonyl (C=O) groups is 1. The summed E-state index contributed by atoms with van der Waals surface area (Å²) >= 11 is 3.53. The number of rotatable bonds is 4. The average Bonchev–Trinajstić information content (AvgIpc) is 2.78. The molecule has 0 aromatic heterocycles. The number of methoxy groups -OCH3 is 1. The first-order valence-corrected chi connectivity index (χ1v) is 6.70. The van der Waals surface area contributed by atoms with Gasteiger partial charge in [0.25, 0.3) is 0 Å². The van der Waals surface area contributed by atoms with Crippen LogP contribution in [0.15, 0.2) is 10.5 Å². The summed E-state index contributed by atoms with van der Waals surface area (Å²) < 4.78 is 6.25. The molecule has 2 rings (SSSR count). The van der Waals surface area contributed by atoms with E-state index in [2.05, 4.69) is 15.9 Å². The predicted octanol–water partition coefficient (Wildman–Crippen LogP) is 2.07. The van der Waals surface area contributed by atoms with Gasteiger partial charge in [0.2, 0.25) is 0 Å². The summed E-state index contributed by atoms with van der Waals surface area (Å²) in [5.41, 5.74) is 8.68. The van der Waals surface area contributed by atoms with Gasteiger partial charge >= 0.3 is 5.97 Å². The van der Waals surface area contributed by atoms with Crippen LogP contribution < -0.4 is 10.5 Å². The molecule has 0 heterocycles. The van der Waals surface area contributed by atoms with Crippen LogP contribution in [0.25, 0.3) is 0 Å². The Kier molecular flexibility index (Phi) is 3.92. The van der Waals surface area contributed by atoms with E-state index in [1.165, 1.54) is 11.1 Å². The van der Waals surface area contributed by atoms with Gasteiger partial charge in [-0.2, -0.15) is 0 Å². The summed E-state index contributed by atoms with van der Waals surface area (Å²) in [6.07, 6.45) is 3.09. The lowest BCUT2D eigenvalue weighted by Crippen LogP contribution is -2.22. The molecule has 4 nitrogen and oxygen atoms in total. The summed E-state index contributed by atoms with van der Waals surface area (Å²) in [4.78, 5) is 11.3. The Morgan fingerprint density at radius 1 is 1.61 bits per heavy atom. The molecule has 1 atom stereocenters. The minimum Gasteiger partial charge on any atom is -0.495 e. The summed E-state index contributed by atoms with van der Waals surface area (Å²) in [7, 11) is 1.56. The third kappa shape index (κ3) is 2.12. The van der Waals surface area contributed by atoms with Crippen molar-refractivity contribution < 1.29 is 14.6 Å². The highest BCUT2D eigenvalue weighted by Gasteiger charge is 2.27. The highest BCUT2D eigenvalue weighted by Crippen LogP contribution is 2.41. The fraction of sp³-hybridized carbons (Fsp3) is 0.462. The van der Waals surface area contributed by atoms with E-state index in [0.717, 1.165) is 23.7 Å². The second-order valence-electron chi connectivity index (χ2n) is 4.43. The van der Waals surface area contributed by atoms with Gasteiger partial charge in [-0.1, -0.05) is 6.07 Å². The number of hydrogen-bond donors (Lipinski definition) is 2. The maximum Gasteiger partial charge on any atom is 0.312 e. The van der Waals surface area contributed by atoms with Crippen molar-refractivity contribution in [3.8, 4) is 5.75 Å². The number of benzene rings is 1. The molecular weight excluding hydrogens is 298 g/mol. The molecule has 1 aromatic carbocycles. The van der Waals surface area contributed by atoms with Crippen LogP contribution in [0.3, 0.4) is 0 Å². The van der Waals surface area contributed by atoms with E-state index in [9.17, 15) is 9.90 Å². The summed E-state index contributed by atoms with van der Waals surface area (Å²) in [5.74, 6) is -1.03. The highest BCUT2D eigenvalue weighted by molar-refractivity contribution is 9.10. The maximum atomic E-state index is 11.3. The molecule has 0 radical (unpaired) electrons. The van der Waals surface area contributed by atoms with Crippen molar-refractivity contribution >= 4 is 21.9 Å². The molecule has 1 aliphatic rings. The zero-order valence-corrected chi connectivity index (χ0v) is 11.8. The van der Waals surface area contributed by atoms with Crippen LogP contribution in [0.1, 0.15) is 29.0 Å². The van der Waals surface area contributed by atoms with Gasteiger partial charge < -0.3 is 15.6 Å². The van der Waals surface area contributed by atoms with Crippen LogP contribution in [-0.4, -0.2) is 24.7 Å². The Hall–Kier alpha value is -1.07. The Balaban J connectivity index is 2.59. The molecule has 1 aromatic rings. The van der Waals surface area contributed by atoms with Crippen LogP contribution in [0.4, 0.5) is 0 Å². The fourth-order valence-corrected chi connectivity index (χ4v) is 3.36. The molecule has 5 heteroatoms. The lowest BCUT2D eigenvalue weighted by Gasteiger charge is -2.18. The first-order valence-electron chi connectivity index (χ1n) is 5.91. The average molecular weight is 314 g/mol. The number of ether oxygens (including phenoxy) is 1. The number of fused-ring (bicyclic) bond motifs is 1. The molecule has 0 saturated heterocycles. The summed E-state index contributed by atoms with van der Waals surface area (Å²) in [6, 6.07) is 1.94. The summed E-state index contributed by atoms with van der Waals surface area (Å²) in [6.45, 7) is 0.0664. The number of aryl methyl sites for hydroxylation is 1. The van der Waals surface area contributed by atoms with E-state index in [0.29, 0.717) is 11.3 Å². The largest absolute Gasteiger partial charge is 0.495 e. The molecule has 0 spiro atoms. The normalized spacial score (nSPS) is 15.3. The predicted molar refractivity (Wildman–Crippen MR) is 72.2 cm³/mol. The Labute approximate surface area is 114 Å². The van der Waals surface area contributed by atoms with Crippen molar-refractivity contribution in [1.29, 1.82) is 0 Å². The van der Waals surface area contributed by atoms with Crippen LogP contribution >= 0.6 is 15.9 Å². The smallest absolute Gasteiger partial charge is 0.312 e. The van der Waals surface area contributed by atoms with Crippen molar-refractivity contribution in [3.05, 3.63) is 27.2 Å². The van der Waals surface area contributed by atoms with Crippen LogP contribution in [0, 0.1) is 0 Å². The first kappa shape index (κ1) is 13.4. The topological polar surface area (TPSA) is 72.5 Å². The second-order valence-corrected chi connectivity index (χ2v) is 5.22.